The van der Waals surface area contributed by atoms with Crippen LogP contribution in [0.5, 0.6) is 11.5 Å². The second-order valence-corrected chi connectivity index (χ2v) is 8.68. The van der Waals surface area contributed by atoms with E-state index in [1.807, 2.05) is 13.0 Å². The van der Waals surface area contributed by atoms with Gasteiger partial charge in [0.25, 0.3) is 11.5 Å². The molecule has 1 aliphatic rings. The van der Waals surface area contributed by atoms with Crippen molar-refractivity contribution in [1.82, 2.24) is 9.97 Å². The van der Waals surface area contributed by atoms with Crippen LogP contribution in [-0.2, 0) is 9.59 Å². The fourth-order valence-corrected chi connectivity index (χ4v) is 4.57. The van der Waals surface area contributed by atoms with Crippen molar-refractivity contribution in [3.63, 3.8) is 0 Å². The van der Waals surface area contributed by atoms with Gasteiger partial charge in [0, 0.05) is 29.8 Å². The lowest BCUT2D eigenvalue weighted by Gasteiger charge is -2.23. The van der Waals surface area contributed by atoms with E-state index in [0.29, 0.717) is 28.1 Å². The first-order valence-electron chi connectivity index (χ1n) is 11.5. The number of nitro groups is 1. The van der Waals surface area contributed by atoms with Gasteiger partial charge < -0.3 is 19.6 Å². The number of anilines is 1. The predicted molar refractivity (Wildman–Crippen MR) is 138 cm³/mol. The molecule has 5 rings (SSSR count). The molecule has 1 amide bonds. The van der Waals surface area contributed by atoms with Crippen LogP contribution in [0.1, 0.15) is 22.7 Å². The summed E-state index contributed by atoms with van der Waals surface area (Å²) in [5, 5.41) is 22.5. The van der Waals surface area contributed by atoms with Gasteiger partial charge in [0.05, 0.1) is 41.8 Å². The van der Waals surface area contributed by atoms with Crippen LogP contribution in [0.3, 0.4) is 0 Å². The van der Waals surface area contributed by atoms with Crippen molar-refractivity contribution < 1.29 is 29.1 Å². The van der Waals surface area contributed by atoms with Crippen molar-refractivity contribution in [2.24, 2.45) is 0 Å². The fourth-order valence-electron chi connectivity index (χ4n) is 4.57. The Balaban J connectivity index is 1.73. The number of aliphatic hydroxyl groups is 1. The maximum absolute atomic E-state index is 13.4. The summed E-state index contributed by atoms with van der Waals surface area (Å²) in [5.74, 6) is -1.45. The Hall–Kier alpha value is -5.19. The lowest BCUT2D eigenvalue weighted by molar-refractivity contribution is -0.384. The first kappa shape index (κ1) is 24.5. The number of amides is 1. The zero-order chi connectivity index (χ0) is 27.1. The highest BCUT2D eigenvalue weighted by atomic mass is 16.6. The van der Waals surface area contributed by atoms with Gasteiger partial charge in [-0.2, -0.15) is 0 Å². The molecule has 1 aliphatic heterocycles. The van der Waals surface area contributed by atoms with Gasteiger partial charge in [-0.1, -0.05) is 42.0 Å². The topological polar surface area (TPSA) is 148 Å². The number of nitrogens with zero attached hydrogens (tertiary/aromatic N) is 3. The Morgan fingerprint density at radius 1 is 1.05 bits per heavy atom. The molecular formula is C27H22N4O7. The van der Waals surface area contributed by atoms with Crippen molar-refractivity contribution in [2.45, 2.75) is 13.0 Å². The molecule has 192 valence electrons. The number of carbonyl (C=O) groups excluding carboxylic acids is 2. The number of benzene rings is 3. The number of hydrogen-bond donors (Lipinski definition) is 2. The maximum atomic E-state index is 13.4. The van der Waals surface area contributed by atoms with Crippen LogP contribution in [0.4, 0.5) is 11.6 Å². The summed E-state index contributed by atoms with van der Waals surface area (Å²) in [4.78, 5) is 46.3. The molecule has 0 spiro atoms. The van der Waals surface area contributed by atoms with E-state index < -0.39 is 28.4 Å². The number of hydrogen-bond acceptors (Lipinski definition) is 8. The number of aromatic nitrogens is 2. The smallest absolute Gasteiger partial charge is 0.302 e. The normalized spacial score (nSPS) is 16.7. The van der Waals surface area contributed by atoms with E-state index in [9.17, 15) is 24.8 Å². The van der Waals surface area contributed by atoms with Gasteiger partial charge in [-0.25, -0.2) is 4.98 Å². The van der Waals surface area contributed by atoms with Crippen LogP contribution in [0.25, 0.3) is 16.8 Å². The number of rotatable bonds is 6. The second kappa shape index (κ2) is 9.36. The largest absolute Gasteiger partial charge is 0.507 e. The molecule has 1 fully saturated rings. The summed E-state index contributed by atoms with van der Waals surface area (Å²) in [6, 6.07) is 14.6. The number of imidazole rings is 1. The number of carbonyl (C=O) groups is 2. The lowest BCUT2D eigenvalue weighted by atomic mass is 9.94. The summed E-state index contributed by atoms with van der Waals surface area (Å²) in [7, 11) is 2.98. The average molecular weight is 514 g/mol. The highest BCUT2D eigenvalue weighted by molar-refractivity contribution is 6.51. The number of nitro benzene ring substituents is 1. The fraction of sp³-hybridized carbons (Fsp3) is 0.148. The molecule has 11 nitrogen and oxygen atoms in total. The number of aryl methyl sites for hydroxylation is 1. The third kappa shape index (κ3) is 3.99. The summed E-state index contributed by atoms with van der Waals surface area (Å²) in [6.07, 6.45) is 0. The molecule has 1 saturated heterocycles. The monoisotopic (exact) mass is 514 g/mol. The maximum Gasteiger partial charge on any atom is 0.302 e. The number of methoxy groups -OCH3 is 2. The Morgan fingerprint density at radius 3 is 2.45 bits per heavy atom. The van der Waals surface area contributed by atoms with Crippen molar-refractivity contribution in [3.8, 4) is 11.5 Å². The minimum absolute atomic E-state index is 0.0360. The van der Waals surface area contributed by atoms with Gasteiger partial charge in [-0.15, -0.1) is 0 Å². The van der Waals surface area contributed by atoms with E-state index in [1.165, 1.54) is 37.3 Å². The number of ether oxygens (including phenoxy) is 2. The third-order valence-electron chi connectivity index (χ3n) is 6.34. The zero-order valence-electron chi connectivity index (χ0n) is 20.6. The molecule has 1 unspecified atom stereocenters. The Kier molecular flexibility index (Phi) is 6.03. The number of ketones is 1. The predicted octanol–water partition coefficient (Wildman–Crippen LogP) is 4.42. The highest BCUT2D eigenvalue weighted by Gasteiger charge is 2.48. The molecule has 4 aromatic rings. The molecule has 38 heavy (non-hydrogen) atoms. The molecule has 0 saturated carbocycles. The molecule has 0 aliphatic carbocycles. The molecule has 0 radical (unpaired) electrons. The van der Waals surface area contributed by atoms with Gasteiger partial charge in [0.2, 0.25) is 5.95 Å². The zero-order valence-corrected chi connectivity index (χ0v) is 20.6. The first-order valence-corrected chi connectivity index (χ1v) is 11.5. The molecule has 3 aromatic carbocycles. The van der Waals surface area contributed by atoms with Crippen LogP contribution < -0.4 is 14.4 Å². The highest BCUT2D eigenvalue weighted by Crippen LogP contribution is 2.42. The van der Waals surface area contributed by atoms with Gasteiger partial charge in [0.1, 0.15) is 5.76 Å². The summed E-state index contributed by atoms with van der Waals surface area (Å²) in [6.45, 7) is 1.86. The first-order chi connectivity index (χ1) is 18.2. The minimum Gasteiger partial charge on any atom is -0.507 e. The molecule has 2 heterocycles. The van der Waals surface area contributed by atoms with E-state index in [0.717, 1.165) is 11.6 Å². The van der Waals surface area contributed by atoms with E-state index in [4.69, 9.17) is 9.47 Å². The number of aliphatic hydroxyl groups excluding tert-OH is 1. The lowest BCUT2D eigenvalue weighted by Crippen LogP contribution is -2.30. The van der Waals surface area contributed by atoms with Crippen LogP contribution in [-0.4, -0.2) is 45.9 Å². The van der Waals surface area contributed by atoms with E-state index in [2.05, 4.69) is 9.97 Å². The molecule has 0 bridgehead atoms. The van der Waals surface area contributed by atoms with E-state index in [-0.39, 0.29) is 22.8 Å². The van der Waals surface area contributed by atoms with E-state index in [1.54, 1.807) is 30.3 Å². The summed E-state index contributed by atoms with van der Waals surface area (Å²) >= 11 is 0. The van der Waals surface area contributed by atoms with Crippen LogP contribution in [0, 0.1) is 17.0 Å². The number of Topliss-reactive ketones (excluding diaryl/α,β-unsaturated/α-hetero) is 1. The van der Waals surface area contributed by atoms with Crippen LogP contribution in [0.15, 0.2) is 66.2 Å². The van der Waals surface area contributed by atoms with Crippen molar-refractivity contribution >= 4 is 40.1 Å². The van der Waals surface area contributed by atoms with Gasteiger partial charge in [-0.05, 0) is 12.5 Å². The minimum atomic E-state index is -1.06. The van der Waals surface area contributed by atoms with E-state index >= 15 is 0 Å². The number of non-ortho nitro benzene ring substituents is 1. The average Bonchev–Trinajstić information content (AvgIpc) is 3.44. The van der Waals surface area contributed by atoms with Crippen LogP contribution >= 0.6 is 0 Å². The molecule has 2 N–H and O–H groups in total. The van der Waals surface area contributed by atoms with Crippen LogP contribution in [0.2, 0.25) is 0 Å². The van der Waals surface area contributed by atoms with Crippen molar-refractivity contribution in [1.29, 1.82) is 0 Å². The SMILES string of the molecule is COc1cc2nc(N3C(=O)C(=O)/C(=C(/O)c4cccc([N+](=O)[O-])c4)C3c3cccc(C)c3)[nH]c2cc1OC. The van der Waals surface area contributed by atoms with Gasteiger partial charge in [0.15, 0.2) is 11.5 Å². The third-order valence-corrected chi connectivity index (χ3v) is 6.34. The number of H-pyrrole nitrogens is 1. The molecule has 11 heteroatoms. The van der Waals surface area contributed by atoms with Gasteiger partial charge >= 0.3 is 5.91 Å². The number of nitrogens with one attached hydrogen (secondary N) is 1. The standard InChI is InChI=1S/C27H22N4O7/c1-14-6-4-7-15(10-14)23-22(24(32)16-8-5-9-17(11-16)31(35)36)25(33)26(34)30(23)27-28-18-12-20(37-2)21(38-3)13-19(18)29-27/h4-13,23,32H,1-3H3,(H,28,29)/b24-22+. The summed E-state index contributed by atoms with van der Waals surface area (Å²) < 4.78 is 10.7. The molecular weight excluding hydrogens is 492 g/mol. The molecule has 1 aromatic heterocycles. The Bertz CT molecular complexity index is 1620. The van der Waals surface area contributed by atoms with Crippen molar-refractivity contribution in [2.75, 3.05) is 19.1 Å². The quantitative estimate of drug-likeness (QED) is 0.126. The Morgan fingerprint density at radius 2 is 1.76 bits per heavy atom. The summed E-state index contributed by atoms with van der Waals surface area (Å²) in [5.41, 5.74) is 1.96. The van der Waals surface area contributed by atoms with Crippen molar-refractivity contribution in [3.05, 3.63) is 93.0 Å². The van der Waals surface area contributed by atoms with Gasteiger partial charge in [-0.3, -0.25) is 24.6 Å². The number of aromatic amines is 1. The second-order valence-electron chi connectivity index (χ2n) is 8.68. The Labute approximate surface area is 216 Å². The molecule has 1 atom stereocenters. The number of fused-ring (bicyclic) bond motifs is 1.